The van der Waals surface area contributed by atoms with Gasteiger partial charge in [-0.05, 0) is 43.4 Å². The van der Waals surface area contributed by atoms with Gasteiger partial charge in [0.1, 0.15) is 0 Å². The number of allylic oxidation sites excluding steroid dienone is 2. The normalized spacial score (nSPS) is 13.4. The highest BCUT2D eigenvalue weighted by Crippen LogP contribution is 2.24. The van der Waals surface area contributed by atoms with Crippen molar-refractivity contribution in [3.63, 3.8) is 0 Å². The van der Waals surface area contributed by atoms with E-state index in [4.69, 9.17) is 0 Å². The molecule has 0 N–H and O–H groups in total. The molecule has 14 heavy (non-hydrogen) atoms. The van der Waals surface area contributed by atoms with Crippen molar-refractivity contribution < 1.29 is 0 Å². The Labute approximate surface area is 95.2 Å². The molecule has 1 aromatic rings. The van der Waals surface area contributed by atoms with Gasteiger partial charge >= 0.3 is 0 Å². The molecule has 76 valence electrons. The Morgan fingerprint density at radius 3 is 2.71 bits per heavy atom. The van der Waals surface area contributed by atoms with Gasteiger partial charge in [0.2, 0.25) is 0 Å². The van der Waals surface area contributed by atoms with Crippen LogP contribution in [0.15, 0.2) is 34.8 Å². The third kappa shape index (κ3) is 2.98. The maximum atomic E-state index is 3.52. The van der Waals surface area contributed by atoms with E-state index in [2.05, 4.69) is 67.1 Å². The zero-order chi connectivity index (χ0) is 10.6. The largest absolute Gasteiger partial charge is 0.0916 e. The van der Waals surface area contributed by atoms with Crippen molar-refractivity contribution in [2.75, 3.05) is 0 Å². The zero-order valence-corrected chi connectivity index (χ0v) is 10.6. The van der Waals surface area contributed by atoms with Gasteiger partial charge in [-0.25, -0.2) is 0 Å². The van der Waals surface area contributed by atoms with E-state index in [0.717, 1.165) is 6.42 Å². The molecule has 1 unspecified atom stereocenters. The zero-order valence-electron chi connectivity index (χ0n) is 9.05. The van der Waals surface area contributed by atoms with Gasteiger partial charge in [0.15, 0.2) is 0 Å². The smallest absolute Gasteiger partial charge is 0.0204 e. The van der Waals surface area contributed by atoms with Gasteiger partial charge < -0.3 is 0 Å². The van der Waals surface area contributed by atoms with Gasteiger partial charge in [0.05, 0.1) is 0 Å². The molecule has 0 saturated carbocycles. The molecule has 1 aromatic carbocycles. The van der Waals surface area contributed by atoms with Crippen LogP contribution >= 0.6 is 15.9 Å². The highest BCUT2D eigenvalue weighted by molar-refractivity contribution is 9.10. The fraction of sp³-hybridized carbons (Fsp3) is 0.385. The summed E-state index contributed by atoms with van der Waals surface area (Å²) < 4.78 is 1.19. The molecule has 1 heteroatoms. The van der Waals surface area contributed by atoms with Crippen molar-refractivity contribution in [1.82, 2.24) is 0 Å². The molecule has 0 bridgehead atoms. The minimum absolute atomic E-state index is 0.609. The molecule has 1 rings (SSSR count). The van der Waals surface area contributed by atoms with Crippen molar-refractivity contribution in [2.24, 2.45) is 0 Å². The molecule has 0 amide bonds. The lowest BCUT2D eigenvalue weighted by atomic mass is 9.96. The van der Waals surface area contributed by atoms with Crippen LogP contribution in [0.2, 0.25) is 0 Å². The minimum atomic E-state index is 0.609. The summed E-state index contributed by atoms with van der Waals surface area (Å²) in [5.41, 5.74) is 2.73. The Morgan fingerprint density at radius 1 is 1.43 bits per heavy atom. The van der Waals surface area contributed by atoms with E-state index >= 15 is 0 Å². The number of rotatable bonds is 3. The summed E-state index contributed by atoms with van der Waals surface area (Å²) in [4.78, 5) is 0. The molecule has 0 radical (unpaired) electrons. The molecular weight excluding hydrogens is 236 g/mol. The quantitative estimate of drug-likeness (QED) is 0.677. The van der Waals surface area contributed by atoms with Crippen LogP contribution in [-0.4, -0.2) is 0 Å². The molecule has 0 aromatic heterocycles. The maximum absolute atomic E-state index is 3.52. The average Bonchev–Trinajstić information content (AvgIpc) is 2.18. The molecule has 0 aliphatic heterocycles. The van der Waals surface area contributed by atoms with E-state index in [9.17, 15) is 0 Å². The fourth-order valence-corrected chi connectivity index (χ4v) is 1.70. The van der Waals surface area contributed by atoms with Gasteiger partial charge in [-0.1, -0.05) is 47.1 Å². The van der Waals surface area contributed by atoms with Crippen molar-refractivity contribution in [2.45, 2.75) is 33.1 Å². The number of aryl methyl sites for hydroxylation is 1. The van der Waals surface area contributed by atoms with Crippen molar-refractivity contribution >= 4 is 15.9 Å². The van der Waals surface area contributed by atoms with E-state index in [0.29, 0.717) is 5.92 Å². The van der Waals surface area contributed by atoms with Crippen molar-refractivity contribution in [3.8, 4) is 0 Å². The summed E-state index contributed by atoms with van der Waals surface area (Å²) in [5.74, 6) is 0.609. The summed E-state index contributed by atoms with van der Waals surface area (Å²) in [6, 6.07) is 6.60. The predicted molar refractivity (Wildman–Crippen MR) is 66.7 cm³/mol. The van der Waals surface area contributed by atoms with E-state index in [1.165, 1.54) is 15.6 Å². The lowest BCUT2D eigenvalue weighted by molar-refractivity contribution is 0.778. The number of halogens is 1. The molecule has 1 atom stereocenters. The van der Waals surface area contributed by atoms with Crippen LogP contribution in [0, 0.1) is 6.92 Å². The first kappa shape index (κ1) is 11.5. The van der Waals surface area contributed by atoms with E-state index in [1.807, 2.05) is 0 Å². The van der Waals surface area contributed by atoms with Gasteiger partial charge in [0.25, 0.3) is 0 Å². The van der Waals surface area contributed by atoms with Gasteiger partial charge in [-0.2, -0.15) is 0 Å². The van der Waals surface area contributed by atoms with Crippen LogP contribution in [0.4, 0.5) is 0 Å². The molecule has 0 heterocycles. The Bertz CT molecular complexity index is 326. The van der Waals surface area contributed by atoms with Crippen LogP contribution in [-0.2, 0) is 0 Å². The van der Waals surface area contributed by atoms with Crippen molar-refractivity contribution in [3.05, 3.63) is 46.0 Å². The Kier molecular flexibility index (Phi) is 4.40. The number of hydrogen-bond donors (Lipinski definition) is 0. The van der Waals surface area contributed by atoms with Gasteiger partial charge in [0, 0.05) is 4.47 Å². The predicted octanol–water partition coefficient (Wildman–Crippen LogP) is 4.83. The second kappa shape index (κ2) is 5.35. The fourth-order valence-electron chi connectivity index (χ4n) is 1.45. The summed E-state index contributed by atoms with van der Waals surface area (Å²) in [7, 11) is 0. The Balaban J connectivity index is 2.80. The highest BCUT2D eigenvalue weighted by Gasteiger charge is 2.04. The van der Waals surface area contributed by atoms with E-state index in [1.54, 1.807) is 0 Å². The van der Waals surface area contributed by atoms with Crippen LogP contribution in [0.1, 0.15) is 37.3 Å². The summed E-state index contributed by atoms with van der Waals surface area (Å²) in [6.07, 6.45) is 5.46. The van der Waals surface area contributed by atoms with Gasteiger partial charge in [-0.3, -0.25) is 0 Å². The van der Waals surface area contributed by atoms with Crippen molar-refractivity contribution in [1.29, 1.82) is 0 Å². The van der Waals surface area contributed by atoms with Crippen LogP contribution in [0.25, 0.3) is 0 Å². The molecule has 0 nitrogen and oxygen atoms in total. The first-order valence-electron chi connectivity index (χ1n) is 5.02. The van der Waals surface area contributed by atoms with Crippen LogP contribution in [0.5, 0.6) is 0 Å². The summed E-state index contributed by atoms with van der Waals surface area (Å²) >= 11 is 3.52. The minimum Gasteiger partial charge on any atom is -0.0916 e. The second-order valence-corrected chi connectivity index (χ2v) is 4.57. The monoisotopic (exact) mass is 252 g/mol. The standard InChI is InChI=1S/C13H17Br/c1-4-5-6-10(2)12-7-8-13(14)11(3)9-12/h4-5,7-10H,6H2,1-3H3/b5-4-. The molecule has 0 spiro atoms. The SMILES string of the molecule is C/C=C\CC(C)c1ccc(Br)c(C)c1. The Morgan fingerprint density at radius 2 is 2.14 bits per heavy atom. The second-order valence-electron chi connectivity index (χ2n) is 3.71. The van der Waals surface area contributed by atoms with E-state index < -0.39 is 0 Å². The summed E-state index contributed by atoms with van der Waals surface area (Å²) in [6.45, 7) is 6.47. The van der Waals surface area contributed by atoms with Crippen LogP contribution < -0.4 is 0 Å². The molecule has 0 saturated heterocycles. The first-order chi connectivity index (χ1) is 6.65. The topological polar surface area (TPSA) is 0 Å². The average molecular weight is 253 g/mol. The Hall–Kier alpha value is -0.560. The highest BCUT2D eigenvalue weighted by atomic mass is 79.9. The molecular formula is C13H17Br. The maximum Gasteiger partial charge on any atom is 0.0204 e. The third-order valence-corrected chi connectivity index (χ3v) is 3.37. The lowest BCUT2D eigenvalue weighted by Gasteiger charge is -2.10. The molecule has 0 aliphatic rings. The van der Waals surface area contributed by atoms with Gasteiger partial charge in [-0.15, -0.1) is 0 Å². The first-order valence-corrected chi connectivity index (χ1v) is 5.81. The number of hydrogen-bond acceptors (Lipinski definition) is 0. The summed E-state index contributed by atoms with van der Waals surface area (Å²) in [5, 5.41) is 0. The van der Waals surface area contributed by atoms with E-state index in [-0.39, 0.29) is 0 Å². The third-order valence-electron chi connectivity index (χ3n) is 2.48. The lowest BCUT2D eigenvalue weighted by Crippen LogP contribution is -1.92. The molecule has 0 fully saturated rings. The number of benzene rings is 1. The van der Waals surface area contributed by atoms with Crippen LogP contribution in [0.3, 0.4) is 0 Å². The molecule has 0 aliphatic carbocycles.